The van der Waals surface area contributed by atoms with E-state index in [1.54, 1.807) is 0 Å². The number of ether oxygens (including phenoxy) is 1. The standard InChI is InChI=1S/C12H18BrN3O/c1-16(6-5-12(14)15)7-8-17-11-4-2-3-10(13)9-11/h2-4,9H,5-8H2,1H3,(H3,14,15). The SMILES string of the molecule is CN(CCOc1cccc(Br)c1)CCC(=N)N. The first kappa shape index (κ1) is 14.0. The molecule has 94 valence electrons. The summed E-state index contributed by atoms with van der Waals surface area (Å²) < 4.78 is 6.62. The zero-order valence-electron chi connectivity index (χ0n) is 9.95. The highest BCUT2D eigenvalue weighted by atomic mass is 79.9. The van der Waals surface area contributed by atoms with E-state index in [-0.39, 0.29) is 5.84 Å². The Hall–Kier alpha value is -1.07. The van der Waals surface area contributed by atoms with Gasteiger partial charge in [0.15, 0.2) is 0 Å². The molecule has 0 aliphatic heterocycles. The maximum absolute atomic E-state index is 7.14. The Labute approximate surface area is 110 Å². The van der Waals surface area contributed by atoms with E-state index in [0.29, 0.717) is 13.0 Å². The summed E-state index contributed by atoms with van der Waals surface area (Å²) >= 11 is 3.40. The van der Waals surface area contributed by atoms with Gasteiger partial charge in [0, 0.05) is 24.0 Å². The van der Waals surface area contributed by atoms with Crippen LogP contribution in [0.15, 0.2) is 28.7 Å². The van der Waals surface area contributed by atoms with E-state index in [9.17, 15) is 0 Å². The summed E-state index contributed by atoms with van der Waals surface area (Å²) in [6.45, 7) is 2.24. The van der Waals surface area contributed by atoms with Gasteiger partial charge in [-0.15, -0.1) is 0 Å². The number of nitrogens with zero attached hydrogens (tertiary/aromatic N) is 1. The van der Waals surface area contributed by atoms with Crippen LogP contribution in [0, 0.1) is 5.41 Å². The van der Waals surface area contributed by atoms with Crippen LogP contribution in [0.25, 0.3) is 0 Å². The van der Waals surface area contributed by atoms with E-state index >= 15 is 0 Å². The fourth-order valence-electron chi connectivity index (χ4n) is 1.30. The molecule has 0 amide bonds. The number of benzene rings is 1. The van der Waals surface area contributed by atoms with E-state index in [2.05, 4.69) is 20.8 Å². The molecule has 0 fully saturated rings. The third kappa shape index (κ3) is 6.28. The topological polar surface area (TPSA) is 62.3 Å². The van der Waals surface area contributed by atoms with Crippen LogP contribution in [-0.4, -0.2) is 37.5 Å². The van der Waals surface area contributed by atoms with Crippen molar-refractivity contribution in [3.05, 3.63) is 28.7 Å². The Morgan fingerprint density at radius 2 is 2.24 bits per heavy atom. The third-order valence-electron chi connectivity index (χ3n) is 2.30. The second-order valence-corrected chi connectivity index (χ2v) is 4.80. The van der Waals surface area contributed by atoms with Crippen molar-refractivity contribution >= 4 is 21.8 Å². The molecule has 0 bridgehead atoms. The van der Waals surface area contributed by atoms with Crippen molar-refractivity contribution in [1.82, 2.24) is 4.90 Å². The van der Waals surface area contributed by atoms with E-state index < -0.39 is 0 Å². The van der Waals surface area contributed by atoms with E-state index in [4.69, 9.17) is 15.9 Å². The van der Waals surface area contributed by atoms with Crippen LogP contribution in [0.2, 0.25) is 0 Å². The molecule has 0 spiro atoms. The minimum absolute atomic E-state index is 0.227. The van der Waals surface area contributed by atoms with Crippen LogP contribution >= 0.6 is 15.9 Å². The predicted octanol–water partition coefficient (Wildman–Crippen LogP) is 2.09. The summed E-state index contributed by atoms with van der Waals surface area (Å²) in [5.74, 6) is 1.09. The number of nitrogens with one attached hydrogen (secondary N) is 1. The van der Waals surface area contributed by atoms with Gasteiger partial charge < -0.3 is 15.4 Å². The lowest BCUT2D eigenvalue weighted by molar-refractivity contribution is 0.240. The molecular weight excluding hydrogens is 282 g/mol. The first-order valence-corrected chi connectivity index (χ1v) is 6.27. The van der Waals surface area contributed by atoms with Crippen LogP contribution in [0.4, 0.5) is 0 Å². The number of nitrogens with two attached hydrogens (primary N) is 1. The number of hydrogen-bond donors (Lipinski definition) is 2. The largest absolute Gasteiger partial charge is 0.492 e. The van der Waals surface area contributed by atoms with Gasteiger partial charge in [-0.2, -0.15) is 0 Å². The summed E-state index contributed by atoms with van der Waals surface area (Å²) in [6.07, 6.45) is 0.605. The van der Waals surface area contributed by atoms with Gasteiger partial charge in [0.05, 0.1) is 5.84 Å². The maximum Gasteiger partial charge on any atom is 0.120 e. The number of rotatable bonds is 7. The summed E-state index contributed by atoms with van der Waals surface area (Å²) in [5, 5.41) is 7.14. The van der Waals surface area contributed by atoms with Gasteiger partial charge in [-0.25, -0.2) is 0 Å². The molecule has 0 aromatic heterocycles. The highest BCUT2D eigenvalue weighted by molar-refractivity contribution is 9.10. The van der Waals surface area contributed by atoms with Crippen molar-refractivity contribution in [2.45, 2.75) is 6.42 Å². The average Bonchev–Trinajstić information content (AvgIpc) is 2.26. The third-order valence-corrected chi connectivity index (χ3v) is 2.79. The minimum atomic E-state index is 0.227. The molecule has 4 nitrogen and oxygen atoms in total. The molecule has 0 heterocycles. The quantitative estimate of drug-likeness (QED) is 0.598. The molecule has 1 rings (SSSR count). The number of hydrogen-bond acceptors (Lipinski definition) is 3. The van der Waals surface area contributed by atoms with Crippen LogP contribution in [0.5, 0.6) is 5.75 Å². The van der Waals surface area contributed by atoms with Gasteiger partial charge in [0.2, 0.25) is 0 Å². The Kier molecular flexibility index (Phi) is 6.00. The number of amidine groups is 1. The molecular formula is C12H18BrN3O. The minimum Gasteiger partial charge on any atom is -0.492 e. The van der Waals surface area contributed by atoms with E-state index in [1.807, 2.05) is 31.3 Å². The monoisotopic (exact) mass is 299 g/mol. The fraction of sp³-hybridized carbons (Fsp3) is 0.417. The van der Waals surface area contributed by atoms with Crippen molar-refractivity contribution in [3.63, 3.8) is 0 Å². The maximum atomic E-state index is 7.14. The molecule has 0 saturated carbocycles. The lowest BCUT2D eigenvalue weighted by Crippen LogP contribution is -2.28. The molecule has 0 aliphatic carbocycles. The summed E-state index contributed by atoms with van der Waals surface area (Å²) in [7, 11) is 1.99. The van der Waals surface area contributed by atoms with Gasteiger partial charge in [-0.1, -0.05) is 22.0 Å². The Morgan fingerprint density at radius 3 is 2.88 bits per heavy atom. The fourth-order valence-corrected chi connectivity index (χ4v) is 1.68. The van der Waals surface area contributed by atoms with Gasteiger partial charge in [0.25, 0.3) is 0 Å². The summed E-state index contributed by atoms with van der Waals surface area (Å²) in [5.41, 5.74) is 5.30. The van der Waals surface area contributed by atoms with Gasteiger partial charge >= 0.3 is 0 Å². The molecule has 17 heavy (non-hydrogen) atoms. The van der Waals surface area contributed by atoms with Crippen LogP contribution in [0.3, 0.4) is 0 Å². The second kappa shape index (κ2) is 7.29. The zero-order valence-corrected chi connectivity index (χ0v) is 11.5. The van der Waals surface area contributed by atoms with Crippen molar-refractivity contribution < 1.29 is 4.74 Å². The average molecular weight is 300 g/mol. The molecule has 0 saturated heterocycles. The molecule has 0 unspecified atom stereocenters. The van der Waals surface area contributed by atoms with E-state index in [0.717, 1.165) is 23.3 Å². The van der Waals surface area contributed by atoms with Crippen LogP contribution < -0.4 is 10.5 Å². The first-order chi connectivity index (χ1) is 8.08. The Bertz CT molecular complexity index is 371. The first-order valence-electron chi connectivity index (χ1n) is 5.48. The number of halogens is 1. The summed E-state index contributed by atoms with van der Waals surface area (Å²) in [6, 6.07) is 7.78. The van der Waals surface area contributed by atoms with Gasteiger partial charge in [-0.3, -0.25) is 5.41 Å². The lowest BCUT2D eigenvalue weighted by Gasteiger charge is -2.16. The zero-order chi connectivity index (χ0) is 12.7. The highest BCUT2D eigenvalue weighted by Crippen LogP contribution is 2.17. The molecule has 1 aromatic carbocycles. The van der Waals surface area contributed by atoms with Crippen molar-refractivity contribution in [3.8, 4) is 5.75 Å². The van der Waals surface area contributed by atoms with Gasteiger partial charge in [-0.05, 0) is 25.2 Å². The van der Waals surface area contributed by atoms with Crippen LogP contribution in [0.1, 0.15) is 6.42 Å². The Morgan fingerprint density at radius 1 is 1.47 bits per heavy atom. The molecule has 0 aliphatic rings. The molecule has 5 heteroatoms. The summed E-state index contributed by atoms with van der Waals surface area (Å²) in [4.78, 5) is 2.10. The highest BCUT2D eigenvalue weighted by Gasteiger charge is 2.00. The number of likely N-dealkylation sites (N-methyl/N-ethyl adjacent to an activating group) is 1. The van der Waals surface area contributed by atoms with Crippen molar-refractivity contribution in [2.24, 2.45) is 5.73 Å². The molecule has 0 atom stereocenters. The van der Waals surface area contributed by atoms with Crippen molar-refractivity contribution in [2.75, 3.05) is 26.7 Å². The smallest absolute Gasteiger partial charge is 0.120 e. The molecule has 3 N–H and O–H groups in total. The normalized spacial score (nSPS) is 10.5. The predicted molar refractivity (Wildman–Crippen MR) is 73.7 cm³/mol. The second-order valence-electron chi connectivity index (χ2n) is 3.88. The van der Waals surface area contributed by atoms with Gasteiger partial charge in [0.1, 0.15) is 12.4 Å². The molecule has 0 radical (unpaired) electrons. The van der Waals surface area contributed by atoms with Crippen LogP contribution in [-0.2, 0) is 0 Å². The molecule has 1 aromatic rings. The van der Waals surface area contributed by atoms with Crippen molar-refractivity contribution in [1.29, 1.82) is 5.41 Å². The lowest BCUT2D eigenvalue weighted by atomic mass is 10.3. The van der Waals surface area contributed by atoms with E-state index in [1.165, 1.54) is 0 Å². The Balaban J connectivity index is 2.21.